The smallest absolute Gasteiger partial charge is 0.127 e. The van der Waals surface area contributed by atoms with Crippen molar-refractivity contribution in [2.45, 2.75) is 24.8 Å². The van der Waals surface area contributed by atoms with Gasteiger partial charge in [-0.3, -0.25) is 0 Å². The van der Waals surface area contributed by atoms with Gasteiger partial charge in [0.25, 0.3) is 0 Å². The van der Waals surface area contributed by atoms with Crippen molar-refractivity contribution in [3.05, 3.63) is 95.9 Å². The molecule has 4 nitrogen and oxygen atoms in total. The first-order chi connectivity index (χ1) is 14.5. The lowest BCUT2D eigenvalue weighted by Gasteiger charge is -2.11. The average Bonchev–Trinajstić information content (AvgIpc) is 2.75. The van der Waals surface area contributed by atoms with Crippen molar-refractivity contribution in [1.29, 1.82) is 0 Å². The number of anilines is 2. The normalized spacial score (nSPS) is 12.7. The van der Waals surface area contributed by atoms with Crippen LogP contribution in [0.4, 0.5) is 11.4 Å². The van der Waals surface area contributed by atoms with Gasteiger partial charge in [-0.05, 0) is 98.8 Å². The van der Waals surface area contributed by atoms with Gasteiger partial charge in [-0.2, -0.15) is 0 Å². The number of nitrogen functional groups attached to an aromatic ring is 2. The Morgan fingerprint density at radius 1 is 0.800 bits per heavy atom. The minimum Gasteiger partial charge on any atom is -0.487 e. The molecule has 0 saturated carbocycles. The quantitative estimate of drug-likeness (QED) is 0.243. The Kier molecular flexibility index (Phi) is 7.46. The molecular formula is C25H26N2O2S. The molecule has 3 rings (SSSR count). The standard InChI is InChI=1S/C25H26N2O2S/c1-3-24(15-4-18(2)28-21-9-5-19(26)6-10-21)30-25-16-13-23(14-17-25)29-22-11-7-20(27)8-12-22/h3-18H,26-27H2,1-2H3/b15-4-,24-3+. The lowest BCUT2D eigenvalue weighted by Crippen LogP contribution is -2.07. The zero-order valence-corrected chi connectivity index (χ0v) is 17.9. The fourth-order valence-electron chi connectivity index (χ4n) is 2.60. The molecule has 0 aromatic heterocycles. The maximum Gasteiger partial charge on any atom is 0.127 e. The molecule has 0 amide bonds. The number of hydrogen-bond acceptors (Lipinski definition) is 5. The summed E-state index contributed by atoms with van der Waals surface area (Å²) in [5.41, 5.74) is 12.9. The number of allylic oxidation sites excluding steroid dienone is 2. The van der Waals surface area contributed by atoms with Gasteiger partial charge in [0.1, 0.15) is 23.4 Å². The Labute approximate surface area is 182 Å². The second-order valence-corrected chi connectivity index (χ2v) is 7.83. The van der Waals surface area contributed by atoms with Crippen molar-refractivity contribution < 1.29 is 9.47 Å². The molecule has 4 N–H and O–H groups in total. The second kappa shape index (κ2) is 10.5. The van der Waals surface area contributed by atoms with E-state index < -0.39 is 0 Å². The molecular weight excluding hydrogens is 392 g/mol. The van der Waals surface area contributed by atoms with Gasteiger partial charge in [0.2, 0.25) is 0 Å². The molecule has 0 radical (unpaired) electrons. The SMILES string of the molecule is C/C=C(\C=C/C(C)Oc1ccc(N)cc1)Sc1ccc(Oc2ccc(N)cc2)cc1. The Balaban J connectivity index is 1.55. The number of ether oxygens (including phenoxy) is 2. The molecule has 0 saturated heterocycles. The molecule has 1 unspecified atom stereocenters. The van der Waals surface area contributed by atoms with E-state index in [1.54, 1.807) is 11.8 Å². The fourth-order valence-corrected chi connectivity index (χ4v) is 3.41. The summed E-state index contributed by atoms with van der Waals surface area (Å²) in [5.74, 6) is 2.34. The molecule has 0 spiro atoms. The lowest BCUT2D eigenvalue weighted by molar-refractivity contribution is 0.270. The summed E-state index contributed by atoms with van der Waals surface area (Å²) in [7, 11) is 0. The van der Waals surface area contributed by atoms with Crippen LogP contribution in [0.25, 0.3) is 0 Å². The molecule has 1 atom stereocenters. The topological polar surface area (TPSA) is 70.5 Å². The van der Waals surface area contributed by atoms with Gasteiger partial charge in [0.05, 0.1) is 0 Å². The van der Waals surface area contributed by atoms with E-state index in [-0.39, 0.29) is 6.10 Å². The number of hydrogen-bond donors (Lipinski definition) is 2. The van der Waals surface area contributed by atoms with Gasteiger partial charge in [-0.25, -0.2) is 0 Å². The van der Waals surface area contributed by atoms with Gasteiger partial charge in [0, 0.05) is 21.2 Å². The van der Waals surface area contributed by atoms with Crippen LogP contribution in [-0.4, -0.2) is 6.10 Å². The van der Waals surface area contributed by atoms with Crippen molar-refractivity contribution >= 4 is 23.1 Å². The van der Waals surface area contributed by atoms with Crippen molar-refractivity contribution in [2.75, 3.05) is 11.5 Å². The van der Waals surface area contributed by atoms with Crippen LogP contribution in [0, 0.1) is 0 Å². The summed E-state index contributed by atoms with van der Waals surface area (Å²) in [6, 6.07) is 22.8. The van der Waals surface area contributed by atoms with Crippen molar-refractivity contribution in [1.82, 2.24) is 0 Å². The van der Waals surface area contributed by atoms with Gasteiger partial charge < -0.3 is 20.9 Å². The summed E-state index contributed by atoms with van der Waals surface area (Å²) >= 11 is 1.69. The van der Waals surface area contributed by atoms with Crippen molar-refractivity contribution in [3.8, 4) is 17.2 Å². The van der Waals surface area contributed by atoms with E-state index in [1.807, 2.05) is 92.7 Å². The third kappa shape index (κ3) is 6.64. The zero-order chi connectivity index (χ0) is 21.3. The van der Waals surface area contributed by atoms with Crippen LogP contribution in [0.3, 0.4) is 0 Å². The first kappa shape index (κ1) is 21.4. The molecule has 0 bridgehead atoms. The number of thioether (sulfide) groups is 1. The molecule has 0 fully saturated rings. The fraction of sp³-hybridized carbons (Fsp3) is 0.120. The molecule has 0 aliphatic heterocycles. The van der Waals surface area contributed by atoms with E-state index in [1.165, 1.54) is 0 Å². The van der Waals surface area contributed by atoms with Gasteiger partial charge in [0.15, 0.2) is 0 Å². The highest BCUT2D eigenvalue weighted by atomic mass is 32.2. The molecule has 0 heterocycles. The third-order valence-electron chi connectivity index (χ3n) is 4.19. The van der Waals surface area contributed by atoms with Crippen LogP contribution in [-0.2, 0) is 0 Å². The molecule has 154 valence electrons. The second-order valence-electron chi connectivity index (χ2n) is 6.69. The molecule has 5 heteroatoms. The minimum atomic E-state index is -0.0557. The van der Waals surface area contributed by atoms with Crippen molar-refractivity contribution in [2.24, 2.45) is 0 Å². The monoisotopic (exact) mass is 418 g/mol. The van der Waals surface area contributed by atoms with Crippen LogP contribution in [0.2, 0.25) is 0 Å². The highest BCUT2D eigenvalue weighted by Crippen LogP contribution is 2.30. The summed E-state index contributed by atoms with van der Waals surface area (Å²) < 4.78 is 11.7. The minimum absolute atomic E-state index is 0.0557. The van der Waals surface area contributed by atoms with Crippen LogP contribution in [0.5, 0.6) is 17.2 Å². The van der Waals surface area contributed by atoms with Gasteiger partial charge in [-0.1, -0.05) is 17.8 Å². The Morgan fingerprint density at radius 3 is 1.83 bits per heavy atom. The van der Waals surface area contributed by atoms with E-state index in [2.05, 4.69) is 12.2 Å². The zero-order valence-electron chi connectivity index (χ0n) is 17.1. The maximum absolute atomic E-state index is 5.89. The number of benzene rings is 3. The Morgan fingerprint density at radius 2 is 1.30 bits per heavy atom. The lowest BCUT2D eigenvalue weighted by atomic mass is 10.3. The van der Waals surface area contributed by atoms with E-state index >= 15 is 0 Å². The Bertz CT molecular complexity index is 995. The first-order valence-corrected chi connectivity index (χ1v) is 10.5. The van der Waals surface area contributed by atoms with E-state index in [0.717, 1.165) is 32.7 Å². The predicted octanol–water partition coefficient (Wildman–Crippen LogP) is 6.66. The van der Waals surface area contributed by atoms with Gasteiger partial charge in [-0.15, -0.1) is 0 Å². The number of rotatable bonds is 8. The van der Waals surface area contributed by atoms with Crippen molar-refractivity contribution in [3.63, 3.8) is 0 Å². The summed E-state index contributed by atoms with van der Waals surface area (Å²) in [5, 5.41) is 0. The van der Waals surface area contributed by atoms with Crippen LogP contribution in [0.15, 0.2) is 101 Å². The Hall–Kier alpha value is -3.31. The van der Waals surface area contributed by atoms with Gasteiger partial charge >= 0.3 is 0 Å². The van der Waals surface area contributed by atoms with Crippen LogP contribution in [0.1, 0.15) is 13.8 Å². The third-order valence-corrected chi connectivity index (χ3v) is 5.31. The largest absolute Gasteiger partial charge is 0.487 e. The van der Waals surface area contributed by atoms with Crippen LogP contribution >= 0.6 is 11.8 Å². The van der Waals surface area contributed by atoms with E-state index in [4.69, 9.17) is 20.9 Å². The van der Waals surface area contributed by atoms with E-state index in [0.29, 0.717) is 5.69 Å². The maximum atomic E-state index is 5.89. The summed E-state index contributed by atoms with van der Waals surface area (Å²) in [6.45, 7) is 4.03. The summed E-state index contributed by atoms with van der Waals surface area (Å²) in [4.78, 5) is 2.26. The molecule has 3 aromatic rings. The molecule has 0 aliphatic carbocycles. The summed E-state index contributed by atoms with van der Waals surface area (Å²) in [6.07, 6.45) is 6.14. The highest BCUT2D eigenvalue weighted by Gasteiger charge is 2.03. The van der Waals surface area contributed by atoms with Crippen LogP contribution < -0.4 is 20.9 Å². The van der Waals surface area contributed by atoms with E-state index in [9.17, 15) is 0 Å². The molecule has 30 heavy (non-hydrogen) atoms. The number of nitrogens with two attached hydrogens (primary N) is 2. The molecule has 0 aliphatic rings. The highest BCUT2D eigenvalue weighted by molar-refractivity contribution is 8.03. The molecule has 3 aromatic carbocycles. The predicted molar refractivity (Wildman–Crippen MR) is 127 cm³/mol. The average molecular weight is 419 g/mol. The first-order valence-electron chi connectivity index (χ1n) is 9.70.